The van der Waals surface area contributed by atoms with Crippen molar-refractivity contribution in [2.45, 2.75) is 45.4 Å². The van der Waals surface area contributed by atoms with Gasteiger partial charge in [-0.1, -0.05) is 106 Å². The van der Waals surface area contributed by atoms with Gasteiger partial charge in [-0.15, -0.1) is 0 Å². The first-order chi connectivity index (χ1) is 13.4. The fraction of sp³-hybridized carbons (Fsp3) is 0.280. The van der Waals surface area contributed by atoms with Crippen molar-refractivity contribution in [3.63, 3.8) is 0 Å². The predicted molar refractivity (Wildman–Crippen MR) is 119 cm³/mol. The Morgan fingerprint density at radius 1 is 0.786 bits per heavy atom. The zero-order valence-electron chi connectivity index (χ0n) is 17.2. The van der Waals surface area contributed by atoms with Crippen molar-refractivity contribution in [1.29, 1.82) is 0 Å². The van der Waals surface area contributed by atoms with Crippen LogP contribution in [0.5, 0.6) is 0 Å². The van der Waals surface area contributed by atoms with Gasteiger partial charge in [-0.3, -0.25) is 0 Å². The van der Waals surface area contributed by atoms with E-state index in [0.717, 1.165) is 11.1 Å². The van der Waals surface area contributed by atoms with Crippen LogP contribution in [-0.2, 0) is 11.0 Å². The van der Waals surface area contributed by atoms with Gasteiger partial charge in [0.05, 0.1) is 12.7 Å². The first-order valence-corrected chi connectivity index (χ1v) is 11.8. The second kappa shape index (κ2) is 8.44. The fourth-order valence-corrected chi connectivity index (χ4v) is 8.60. The Balaban J connectivity index is 2.12. The molecule has 3 aromatic carbocycles. The third-order valence-electron chi connectivity index (χ3n) is 5.40. The van der Waals surface area contributed by atoms with Crippen molar-refractivity contribution in [1.82, 2.24) is 0 Å². The van der Waals surface area contributed by atoms with E-state index in [0.29, 0.717) is 0 Å². The summed E-state index contributed by atoms with van der Waals surface area (Å²) in [7, 11) is -2.57. The first-order valence-electron chi connectivity index (χ1n) is 9.87. The molecule has 0 aliphatic rings. The Morgan fingerprint density at radius 2 is 1.25 bits per heavy atom. The topological polar surface area (TPSA) is 29.5 Å². The summed E-state index contributed by atoms with van der Waals surface area (Å²) in [5.41, 5.74) is 2.05. The second-order valence-electron chi connectivity index (χ2n) is 8.32. The van der Waals surface area contributed by atoms with E-state index in [1.54, 1.807) is 0 Å². The normalized spacial score (nSPS) is 13.3. The summed E-state index contributed by atoms with van der Waals surface area (Å²) < 4.78 is 7.11. The van der Waals surface area contributed by atoms with Crippen molar-refractivity contribution < 1.29 is 9.53 Å². The summed E-state index contributed by atoms with van der Waals surface area (Å²) in [6, 6.07) is 29.5. The first kappa shape index (κ1) is 20.5. The molecular weight excluding hydrogens is 360 g/mol. The largest absolute Gasteiger partial charge is 0.401 e. The molecule has 146 valence electrons. The lowest BCUT2D eigenvalue weighted by atomic mass is 10.1. The standard InChI is InChI=1S/C25H30O2Si/c1-20(22-17-15-21(19-26)16-18-22)27-28(25(2,3)4,23-11-7-5-8-12-23)24-13-9-6-10-14-24/h5-18,20,26H,19H2,1-4H3. The van der Waals surface area contributed by atoms with Crippen molar-refractivity contribution in [3.05, 3.63) is 96.1 Å². The molecule has 0 spiro atoms. The molecular formula is C25H30O2Si. The average Bonchev–Trinajstić information content (AvgIpc) is 2.72. The fourth-order valence-electron chi connectivity index (χ4n) is 3.92. The molecule has 3 aromatic rings. The molecule has 3 rings (SSSR count). The molecule has 0 aromatic heterocycles. The molecule has 3 heteroatoms. The number of hydrogen-bond acceptors (Lipinski definition) is 2. The van der Waals surface area contributed by atoms with Gasteiger partial charge in [0, 0.05) is 0 Å². The lowest BCUT2D eigenvalue weighted by molar-refractivity contribution is 0.210. The van der Waals surface area contributed by atoms with Gasteiger partial charge in [0.2, 0.25) is 0 Å². The summed E-state index contributed by atoms with van der Waals surface area (Å²) in [5.74, 6) is 0. The highest BCUT2D eigenvalue weighted by Crippen LogP contribution is 2.39. The van der Waals surface area contributed by atoms with E-state index in [1.807, 2.05) is 12.1 Å². The minimum absolute atomic E-state index is 0.0466. The molecule has 1 N–H and O–H groups in total. The van der Waals surface area contributed by atoms with Crippen LogP contribution >= 0.6 is 0 Å². The number of aliphatic hydroxyl groups excluding tert-OH is 1. The highest BCUT2D eigenvalue weighted by atomic mass is 28.4. The maximum absolute atomic E-state index is 9.33. The number of rotatable bonds is 6. The SMILES string of the molecule is CC(O[Si](c1ccccc1)(c1ccccc1)C(C)(C)C)c1ccc(CO)cc1. The molecule has 0 saturated carbocycles. The maximum atomic E-state index is 9.33. The van der Waals surface area contributed by atoms with Crippen LogP contribution in [0.15, 0.2) is 84.9 Å². The van der Waals surface area contributed by atoms with Crippen LogP contribution in [0.4, 0.5) is 0 Å². The van der Waals surface area contributed by atoms with Crippen LogP contribution in [0.3, 0.4) is 0 Å². The molecule has 2 nitrogen and oxygen atoms in total. The molecule has 28 heavy (non-hydrogen) atoms. The van der Waals surface area contributed by atoms with E-state index >= 15 is 0 Å². The molecule has 0 aliphatic carbocycles. The van der Waals surface area contributed by atoms with Crippen LogP contribution < -0.4 is 10.4 Å². The third kappa shape index (κ3) is 3.97. The van der Waals surface area contributed by atoms with Crippen molar-refractivity contribution >= 4 is 18.7 Å². The van der Waals surface area contributed by atoms with Crippen molar-refractivity contribution in [2.75, 3.05) is 0 Å². The van der Waals surface area contributed by atoms with E-state index in [4.69, 9.17) is 4.43 Å². The Hall–Kier alpha value is -2.20. The molecule has 0 fully saturated rings. The molecule has 0 saturated heterocycles. The lowest BCUT2D eigenvalue weighted by Gasteiger charge is -2.44. The molecule has 0 heterocycles. The van der Waals surface area contributed by atoms with E-state index in [2.05, 4.69) is 100 Å². The Bertz CT molecular complexity index is 828. The Labute approximate surface area is 170 Å². The zero-order valence-corrected chi connectivity index (χ0v) is 18.2. The summed E-state index contributed by atoms with van der Waals surface area (Å²) in [6.45, 7) is 9.07. The predicted octanol–water partition coefficient (Wildman–Crippen LogP) is 4.82. The highest BCUT2D eigenvalue weighted by Gasteiger charge is 2.51. The number of hydrogen-bond donors (Lipinski definition) is 1. The van der Waals surface area contributed by atoms with Gasteiger partial charge < -0.3 is 9.53 Å². The summed E-state index contributed by atoms with van der Waals surface area (Å²) >= 11 is 0. The van der Waals surface area contributed by atoms with Gasteiger partial charge in [-0.25, -0.2) is 0 Å². The van der Waals surface area contributed by atoms with E-state index in [1.165, 1.54) is 10.4 Å². The number of aliphatic hydroxyl groups is 1. The van der Waals surface area contributed by atoms with Crippen LogP contribution in [-0.4, -0.2) is 13.4 Å². The van der Waals surface area contributed by atoms with E-state index in [9.17, 15) is 5.11 Å². The quantitative estimate of drug-likeness (QED) is 0.612. The van der Waals surface area contributed by atoms with Crippen LogP contribution in [0.2, 0.25) is 5.04 Å². The van der Waals surface area contributed by atoms with Crippen molar-refractivity contribution in [3.8, 4) is 0 Å². The average molecular weight is 391 g/mol. The van der Waals surface area contributed by atoms with Gasteiger partial charge >= 0.3 is 0 Å². The van der Waals surface area contributed by atoms with E-state index in [-0.39, 0.29) is 17.7 Å². The van der Waals surface area contributed by atoms with Gasteiger partial charge in [0.1, 0.15) is 0 Å². The molecule has 1 atom stereocenters. The van der Waals surface area contributed by atoms with Gasteiger partial charge in [-0.05, 0) is 33.5 Å². The molecule has 0 aliphatic heterocycles. The van der Waals surface area contributed by atoms with Crippen LogP contribution in [0, 0.1) is 0 Å². The van der Waals surface area contributed by atoms with Gasteiger partial charge in [-0.2, -0.15) is 0 Å². The minimum atomic E-state index is -2.57. The second-order valence-corrected chi connectivity index (χ2v) is 12.6. The van der Waals surface area contributed by atoms with Crippen LogP contribution in [0.1, 0.15) is 44.9 Å². The molecule has 0 bridgehead atoms. The summed E-state index contributed by atoms with van der Waals surface area (Å²) in [6.07, 6.45) is -0.0564. The minimum Gasteiger partial charge on any atom is -0.401 e. The van der Waals surface area contributed by atoms with Crippen LogP contribution in [0.25, 0.3) is 0 Å². The highest BCUT2D eigenvalue weighted by molar-refractivity contribution is 6.99. The monoisotopic (exact) mass is 390 g/mol. The zero-order chi connectivity index (χ0) is 20.2. The van der Waals surface area contributed by atoms with Gasteiger partial charge in [0.25, 0.3) is 8.32 Å². The van der Waals surface area contributed by atoms with E-state index < -0.39 is 8.32 Å². The molecule has 1 unspecified atom stereocenters. The maximum Gasteiger partial charge on any atom is 0.261 e. The molecule has 0 radical (unpaired) electrons. The Morgan fingerprint density at radius 3 is 1.64 bits per heavy atom. The molecule has 0 amide bonds. The van der Waals surface area contributed by atoms with Crippen molar-refractivity contribution in [2.24, 2.45) is 0 Å². The Kier molecular flexibility index (Phi) is 6.19. The third-order valence-corrected chi connectivity index (χ3v) is 10.5. The number of benzene rings is 3. The lowest BCUT2D eigenvalue weighted by Crippen LogP contribution is -2.66. The smallest absolute Gasteiger partial charge is 0.261 e. The summed E-state index contributed by atoms with van der Waals surface area (Å²) in [4.78, 5) is 0. The summed E-state index contributed by atoms with van der Waals surface area (Å²) in [5, 5.41) is 11.9. The van der Waals surface area contributed by atoms with Gasteiger partial charge in [0.15, 0.2) is 0 Å².